The molecule has 0 saturated carbocycles. The standard InChI is InChI=1S/C37H48N4O8S2/c1-5-7-19-37(20-8-6-2)24-41(27-17-13-10-14-18-27)28-21-30(50-4)29(22-31(28)51(47,48)40-37)49-23-32(43)38-34(26-15-11-9-12-16-26)35(44)39-33(25(3)42)36(45)46/h9-18,21-22,25,33-34,40,42H,5-8,19-20,23-24H2,1-4H3,(H,38,43)(H,39,44)(H,45,46)/t25?,33?,34-/m1/s1. The van der Waals surface area contributed by atoms with Crippen molar-refractivity contribution in [1.29, 1.82) is 0 Å². The number of carboxylic acids is 1. The van der Waals surface area contributed by atoms with E-state index in [1.54, 1.807) is 36.4 Å². The maximum absolute atomic E-state index is 14.3. The number of rotatable bonds is 17. The molecular weight excluding hydrogens is 693 g/mol. The minimum Gasteiger partial charge on any atom is -0.483 e. The van der Waals surface area contributed by atoms with Gasteiger partial charge in [-0.25, -0.2) is 17.9 Å². The summed E-state index contributed by atoms with van der Waals surface area (Å²) in [6, 6.07) is 18.2. The topological polar surface area (TPSA) is 174 Å². The molecule has 14 heteroatoms. The largest absolute Gasteiger partial charge is 0.483 e. The molecule has 1 aliphatic rings. The van der Waals surface area contributed by atoms with Crippen LogP contribution in [0, 0.1) is 0 Å². The quantitative estimate of drug-likeness (QED) is 0.117. The number of fused-ring (bicyclic) bond motifs is 1. The number of unbranched alkanes of at least 4 members (excludes halogenated alkanes) is 2. The summed E-state index contributed by atoms with van der Waals surface area (Å²) in [6.07, 6.45) is 5.29. The van der Waals surface area contributed by atoms with Crippen molar-refractivity contribution in [2.45, 2.75) is 92.8 Å². The van der Waals surface area contributed by atoms with Crippen LogP contribution in [0.25, 0.3) is 0 Å². The zero-order valence-corrected chi connectivity index (χ0v) is 31.1. The number of amides is 2. The molecule has 3 aromatic carbocycles. The number of aliphatic hydroxyl groups excluding tert-OH is 1. The Morgan fingerprint density at radius 3 is 2.14 bits per heavy atom. The Kier molecular flexibility index (Phi) is 13.9. The number of thioether (sulfide) groups is 1. The SMILES string of the molecule is CCCCC1(CCCC)CN(c2ccccc2)c2cc(SC)c(OCC(=O)N[C@@H](C(=O)NC(C(=O)O)C(C)O)c3ccccc3)cc2S(=O)(=O)N1. The van der Waals surface area contributed by atoms with E-state index in [1.165, 1.54) is 24.8 Å². The lowest BCUT2D eigenvalue weighted by molar-refractivity contribution is -0.145. The van der Waals surface area contributed by atoms with Crippen LogP contribution in [-0.4, -0.2) is 73.5 Å². The molecule has 3 atom stereocenters. The molecule has 5 N–H and O–H groups in total. The van der Waals surface area contributed by atoms with Gasteiger partial charge in [0.1, 0.15) is 16.7 Å². The van der Waals surface area contributed by atoms with E-state index in [-0.39, 0.29) is 10.6 Å². The summed E-state index contributed by atoms with van der Waals surface area (Å²) in [7, 11) is -4.07. The first-order chi connectivity index (χ1) is 24.3. The van der Waals surface area contributed by atoms with E-state index < -0.39 is 58.1 Å². The van der Waals surface area contributed by atoms with Gasteiger partial charge in [-0.1, -0.05) is 88.1 Å². The van der Waals surface area contributed by atoms with Crippen molar-refractivity contribution in [3.8, 4) is 5.75 Å². The predicted molar refractivity (Wildman–Crippen MR) is 198 cm³/mol. The Bertz CT molecular complexity index is 1750. The first kappa shape index (κ1) is 39.7. The van der Waals surface area contributed by atoms with Crippen LogP contribution in [0.15, 0.2) is 82.6 Å². The Morgan fingerprint density at radius 2 is 1.59 bits per heavy atom. The molecule has 2 amide bonds. The van der Waals surface area contributed by atoms with Gasteiger partial charge in [-0.05, 0) is 49.8 Å². The van der Waals surface area contributed by atoms with Gasteiger partial charge in [-0.3, -0.25) is 9.59 Å². The van der Waals surface area contributed by atoms with E-state index in [0.29, 0.717) is 35.5 Å². The fourth-order valence-corrected chi connectivity index (χ4v) is 8.36. The molecule has 51 heavy (non-hydrogen) atoms. The fraction of sp³-hybridized carbons (Fsp3) is 0.432. The summed E-state index contributed by atoms with van der Waals surface area (Å²) in [5.74, 6) is -2.82. The molecule has 1 aliphatic heterocycles. The van der Waals surface area contributed by atoms with Crippen molar-refractivity contribution in [2.24, 2.45) is 0 Å². The maximum atomic E-state index is 14.3. The second kappa shape index (κ2) is 17.9. The zero-order chi connectivity index (χ0) is 37.2. The van der Waals surface area contributed by atoms with Gasteiger partial charge < -0.3 is 30.5 Å². The minimum absolute atomic E-state index is 0.0220. The number of hydrogen-bond acceptors (Lipinski definition) is 9. The molecule has 0 aliphatic carbocycles. The normalized spacial score (nSPS) is 16.5. The number of nitrogens with one attached hydrogen (secondary N) is 3. The van der Waals surface area contributed by atoms with Crippen molar-refractivity contribution in [1.82, 2.24) is 15.4 Å². The molecule has 0 radical (unpaired) electrons. The highest BCUT2D eigenvalue weighted by Crippen LogP contribution is 2.44. The van der Waals surface area contributed by atoms with Crippen LogP contribution >= 0.6 is 11.8 Å². The Hall–Kier alpha value is -4.11. The van der Waals surface area contributed by atoms with Crippen LogP contribution in [0.1, 0.15) is 70.9 Å². The number of carbonyl (C=O) groups is 3. The lowest BCUT2D eigenvalue weighted by atomic mass is 9.87. The second-order valence-corrected chi connectivity index (χ2v) is 15.2. The molecule has 3 aromatic rings. The highest BCUT2D eigenvalue weighted by atomic mass is 32.2. The van der Waals surface area contributed by atoms with E-state index in [9.17, 15) is 33.0 Å². The number of nitrogens with zero attached hydrogens (tertiary/aromatic N) is 1. The average molecular weight is 741 g/mol. The number of hydrogen-bond donors (Lipinski definition) is 5. The van der Waals surface area contributed by atoms with Crippen molar-refractivity contribution in [3.05, 3.63) is 78.4 Å². The highest BCUT2D eigenvalue weighted by Gasteiger charge is 2.42. The molecule has 0 bridgehead atoms. The van der Waals surface area contributed by atoms with Crippen LogP contribution in [0.3, 0.4) is 0 Å². The number of carbonyl (C=O) groups excluding carboxylic acids is 2. The summed E-state index contributed by atoms with van der Waals surface area (Å²) < 4.78 is 37.6. The van der Waals surface area contributed by atoms with Crippen molar-refractivity contribution < 1.29 is 37.8 Å². The molecular formula is C37H48N4O8S2. The molecule has 0 fully saturated rings. The third-order valence-electron chi connectivity index (χ3n) is 8.83. The molecule has 0 saturated heterocycles. The monoisotopic (exact) mass is 740 g/mol. The van der Waals surface area contributed by atoms with Crippen LogP contribution < -0.4 is 25.0 Å². The van der Waals surface area contributed by atoms with Crippen molar-refractivity contribution >= 4 is 50.9 Å². The second-order valence-electron chi connectivity index (χ2n) is 12.8. The summed E-state index contributed by atoms with van der Waals surface area (Å²) in [5, 5.41) is 24.3. The van der Waals surface area contributed by atoms with Crippen LogP contribution in [0.2, 0.25) is 0 Å². The lowest BCUT2D eigenvalue weighted by Crippen LogP contribution is -2.53. The van der Waals surface area contributed by atoms with Crippen molar-refractivity contribution in [3.63, 3.8) is 0 Å². The molecule has 0 aromatic heterocycles. The van der Waals surface area contributed by atoms with Gasteiger partial charge in [0.2, 0.25) is 15.9 Å². The maximum Gasteiger partial charge on any atom is 0.328 e. The van der Waals surface area contributed by atoms with Gasteiger partial charge in [-0.15, -0.1) is 11.8 Å². The molecule has 276 valence electrons. The van der Waals surface area contributed by atoms with Gasteiger partial charge in [0.15, 0.2) is 12.6 Å². The number of ether oxygens (including phenoxy) is 1. The van der Waals surface area contributed by atoms with Gasteiger partial charge >= 0.3 is 5.97 Å². The minimum atomic E-state index is -4.07. The lowest BCUT2D eigenvalue weighted by Gasteiger charge is -2.37. The van der Waals surface area contributed by atoms with Gasteiger partial charge in [0, 0.05) is 18.3 Å². The van der Waals surface area contributed by atoms with Gasteiger partial charge in [0.05, 0.1) is 22.2 Å². The Balaban J connectivity index is 1.68. The molecule has 2 unspecified atom stereocenters. The third-order valence-corrected chi connectivity index (χ3v) is 11.2. The van der Waals surface area contributed by atoms with Crippen LogP contribution in [-0.2, 0) is 24.4 Å². The van der Waals surface area contributed by atoms with E-state index in [1.807, 2.05) is 36.6 Å². The van der Waals surface area contributed by atoms with Gasteiger partial charge in [-0.2, -0.15) is 0 Å². The van der Waals surface area contributed by atoms with E-state index >= 15 is 0 Å². The van der Waals surface area contributed by atoms with Gasteiger partial charge in [0.25, 0.3) is 5.91 Å². The fourth-order valence-electron chi connectivity index (χ4n) is 6.16. The average Bonchev–Trinajstić information content (AvgIpc) is 3.21. The summed E-state index contributed by atoms with van der Waals surface area (Å²) in [6.45, 7) is 5.26. The van der Waals surface area contributed by atoms with Crippen LogP contribution in [0.4, 0.5) is 11.4 Å². The first-order valence-electron chi connectivity index (χ1n) is 17.1. The Labute approximate surface area is 304 Å². The van der Waals surface area contributed by atoms with E-state index in [4.69, 9.17) is 4.74 Å². The third kappa shape index (κ3) is 10.0. The summed E-state index contributed by atoms with van der Waals surface area (Å²) in [5.41, 5.74) is 0.999. The number of anilines is 2. The Morgan fingerprint density at radius 1 is 0.980 bits per heavy atom. The highest BCUT2D eigenvalue weighted by molar-refractivity contribution is 7.98. The number of benzene rings is 3. The molecule has 12 nitrogen and oxygen atoms in total. The van der Waals surface area contributed by atoms with E-state index in [2.05, 4.69) is 34.1 Å². The molecule has 0 spiro atoms. The zero-order valence-electron chi connectivity index (χ0n) is 29.4. The smallest absolute Gasteiger partial charge is 0.328 e. The predicted octanol–water partition coefficient (Wildman–Crippen LogP) is 5.14. The van der Waals surface area contributed by atoms with Crippen molar-refractivity contribution in [2.75, 3.05) is 24.3 Å². The summed E-state index contributed by atoms with van der Waals surface area (Å²) >= 11 is 1.34. The van der Waals surface area contributed by atoms with E-state index in [0.717, 1.165) is 31.4 Å². The number of sulfonamides is 1. The number of carboxylic acid groups (broad SMARTS) is 1. The molecule has 4 rings (SSSR count). The number of aliphatic carboxylic acids is 1. The molecule has 1 heterocycles. The number of aliphatic hydroxyl groups is 1. The van der Waals surface area contributed by atoms with Crippen LogP contribution in [0.5, 0.6) is 5.75 Å². The first-order valence-corrected chi connectivity index (χ1v) is 19.8. The summed E-state index contributed by atoms with van der Waals surface area (Å²) in [4.78, 5) is 40.9. The number of para-hydroxylation sites is 1.